The van der Waals surface area contributed by atoms with E-state index >= 15 is 0 Å². The first-order valence-electron chi connectivity index (χ1n) is 27.2. The van der Waals surface area contributed by atoms with Crippen molar-refractivity contribution < 1.29 is 0 Å². The average molecular weight is 983 g/mol. The molecule has 12 aromatic rings. The summed E-state index contributed by atoms with van der Waals surface area (Å²) >= 11 is 0. The zero-order chi connectivity index (χ0) is 51.0. The van der Waals surface area contributed by atoms with Gasteiger partial charge in [-0.05, 0) is 143 Å². The lowest BCUT2D eigenvalue weighted by atomic mass is 9.81. The van der Waals surface area contributed by atoms with Crippen molar-refractivity contribution in [3.05, 3.63) is 290 Å². The first kappa shape index (κ1) is 44.9. The van der Waals surface area contributed by atoms with Gasteiger partial charge in [-0.25, -0.2) is 0 Å². The molecule has 3 aliphatic rings. The highest BCUT2D eigenvalue weighted by molar-refractivity contribution is 6.26. The Morgan fingerprint density at radius 3 is 1.45 bits per heavy atom. The van der Waals surface area contributed by atoms with Gasteiger partial charge >= 0.3 is 0 Å². The first-order valence-corrected chi connectivity index (χ1v) is 27.2. The number of rotatable bonds is 8. The maximum Gasteiger partial charge on any atom is 0.0540 e. The van der Waals surface area contributed by atoms with Crippen LogP contribution in [0.2, 0.25) is 0 Å². The van der Waals surface area contributed by atoms with Crippen LogP contribution in [0.3, 0.4) is 0 Å². The summed E-state index contributed by atoms with van der Waals surface area (Å²) in [6.07, 6.45) is 21.8. The fourth-order valence-electron chi connectivity index (χ4n) is 13.2. The number of benzene rings is 12. The van der Waals surface area contributed by atoms with Crippen molar-refractivity contribution in [1.82, 2.24) is 0 Å². The Morgan fingerprint density at radius 2 is 0.844 bits per heavy atom. The summed E-state index contributed by atoms with van der Waals surface area (Å²) in [4.78, 5) is 5.10. The topological polar surface area (TPSA) is 6.48 Å². The van der Waals surface area contributed by atoms with E-state index in [0.717, 1.165) is 29.2 Å². The molecule has 0 N–H and O–H groups in total. The number of nitrogens with zero attached hydrogens (tertiary/aromatic N) is 2. The van der Waals surface area contributed by atoms with Gasteiger partial charge in [0.15, 0.2) is 0 Å². The van der Waals surface area contributed by atoms with Crippen LogP contribution in [0.15, 0.2) is 279 Å². The normalized spacial score (nSPS) is 16.6. The summed E-state index contributed by atoms with van der Waals surface area (Å²) in [6.45, 7) is 2.36. The van der Waals surface area contributed by atoms with E-state index in [4.69, 9.17) is 0 Å². The van der Waals surface area contributed by atoms with E-state index in [0.29, 0.717) is 5.92 Å². The second-order valence-electron chi connectivity index (χ2n) is 21.1. The Balaban J connectivity index is 1.08. The summed E-state index contributed by atoms with van der Waals surface area (Å²) in [6, 6.07) is 84.3. The number of anilines is 5. The fraction of sp³-hybridized carbons (Fsp3) is 0.0667. The van der Waals surface area contributed by atoms with Crippen LogP contribution >= 0.6 is 0 Å². The largest absolute Gasteiger partial charge is 0.313 e. The van der Waals surface area contributed by atoms with E-state index in [2.05, 4.69) is 296 Å². The molecule has 0 heterocycles. The van der Waals surface area contributed by atoms with Crippen LogP contribution in [0.1, 0.15) is 30.4 Å². The van der Waals surface area contributed by atoms with Gasteiger partial charge in [0.1, 0.15) is 0 Å². The average Bonchev–Trinajstić information content (AvgIpc) is 3.58. The number of hydrogen-bond donors (Lipinski definition) is 0. The number of fused-ring (bicyclic) bond motifs is 8. The first-order chi connectivity index (χ1) is 38.1. The Bertz CT molecular complexity index is 4520. The van der Waals surface area contributed by atoms with Crippen LogP contribution in [0.5, 0.6) is 0 Å². The summed E-state index contributed by atoms with van der Waals surface area (Å²) in [7, 11) is 0. The standard InChI is InChI=1S/C75H54N2/c1-49-19-12-36-63-57(49)35-18-42-73(63)77(72-41-17-29-54-24-6-11-34-62(54)72)56-44-46-67-69(48-56)75(65-38-14-26-51-21-3-8-31-59(51)65)66-45-43-55(47-68(66)74(67)64-37-13-25-50-20-2-7-30-58(50)64)76(70-39-15-27-52-22-4-9-32-60(52)70)71-40-16-28-53-23-5-10-33-61(53)71/h2-18,20-49,52,60H,19H2,1H3. The zero-order valence-corrected chi connectivity index (χ0v) is 42.9. The molecule has 15 rings (SSSR count). The lowest BCUT2D eigenvalue weighted by Crippen LogP contribution is -2.27. The Morgan fingerprint density at radius 1 is 0.377 bits per heavy atom. The minimum atomic E-state index is 0.164. The molecule has 77 heavy (non-hydrogen) atoms. The van der Waals surface area contributed by atoms with Gasteiger partial charge in [-0.15, -0.1) is 0 Å². The lowest BCUT2D eigenvalue weighted by molar-refractivity contribution is 0.613. The Labute approximate surface area is 449 Å². The molecule has 364 valence electrons. The van der Waals surface area contributed by atoms with Gasteiger partial charge in [-0.1, -0.05) is 238 Å². The predicted octanol–water partition coefficient (Wildman–Crippen LogP) is 20.9. The summed E-state index contributed by atoms with van der Waals surface area (Å²) in [5.41, 5.74) is 14.5. The molecule has 0 aromatic heterocycles. The molecule has 0 radical (unpaired) electrons. The van der Waals surface area contributed by atoms with Gasteiger partial charge in [0.05, 0.1) is 17.1 Å². The second-order valence-corrected chi connectivity index (χ2v) is 21.1. The van der Waals surface area contributed by atoms with Crippen molar-refractivity contribution in [2.24, 2.45) is 11.8 Å². The minimum Gasteiger partial charge on any atom is -0.313 e. The Hall–Kier alpha value is -9.50. The van der Waals surface area contributed by atoms with Crippen LogP contribution < -0.4 is 9.80 Å². The van der Waals surface area contributed by atoms with Crippen molar-refractivity contribution in [3.8, 4) is 22.3 Å². The lowest BCUT2D eigenvalue weighted by Gasteiger charge is -2.37. The Kier molecular flexibility index (Phi) is 10.7. The predicted molar refractivity (Wildman–Crippen MR) is 330 cm³/mol. The van der Waals surface area contributed by atoms with Crippen LogP contribution in [-0.4, -0.2) is 0 Å². The molecular formula is C75H54N2. The van der Waals surface area contributed by atoms with Crippen LogP contribution in [0, 0.1) is 11.8 Å². The summed E-state index contributed by atoms with van der Waals surface area (Å²) < 4.78 is 0. The molecule has 0 spiro atoms. The minimum absolute atomic E-state index is 0.164. The van der Waals surface area contributed by atoms with Crippen molar-refractivity contribution in [1.29, 1.82) is 0 Å². The highest BCUT2D eigenvalue weighted by Gasteiger charge is 2.31. The van der Waals surface area contributed by atoms with Crippen molar-refractivity contribution in [2.75, 3.05) is 9.80 Å². The SMILES string of the molecule is CC1CC=Cc2c1cccc2N(c1ccc2c(-c3cccc4ccccc34)c3cc(N(C4=CC=CC5C=CC=CC45)c4cccc5ccccc45)ccc3c(-c3cccc4ccccc34)c2c1)c1cccc2ccccc12. The quantitative estimate of drug-likeness (QED) is 0.140. The maximum absolute atomic E-state index is 2.56. The zero-order valence-electron chi connectivity index (χ0n) is 42.9. The van der Waals surface area contributed by atoms with Crippen molar-refractivity contribution >= 4 is 99.1 Å². The van der Waals surface area contributed by atoms with Crippen LogP contribution in [0.25, 0.3) is 93.0 Å². The molecule has 3 atom stereocenters. The molecule has 12 aromatic carbocycles. The third-order valence-electron chi connectivity index (χ3n) is 16.8. The molecule has 0 bridgehead atoms. The van der Waals surface area contributed by atoms with Gasteiger partial charge in [-0.2, -0.15) is 0 Å². The monoisotopic (exact) mass is 982 g/mol. The number of allylic oxidation sites excluding steroid dienone is 8. The summed E-state index contributed by atoms with van der Waals surface area (Å²) in [5, 5.41) is 14.6. The van der Waals surface area contributed by atoms with E-state index in [1.807, 2.05) is 0 Å². The van der Waals surface area contributed by atoms with E-state index in [1.165, 1.54) is 109 Å². The van der Waals surface area contributed by atoms with Gasteiger partial charge in [-0.3, -0.25) is 0 Å². The van der Waals surface area contributed by atoms with E-state index in [9.17, 15) is 0 Å². The molecule has 0 amide bonds. The highest BCUT2D eigenvalue weighted by Crippen LogP contribution is 2.52. The fourth-order valence-corrected chi connectivity index (χ4v) is 13.2. The van der Waals surface area contributed by atoms with E-state index < -0.39 is 0 Å². The van der Waals surface area contributed by atoms with Gasteiger partial charge in [0.25, 0.3) is 0 Å². The van der Waals surface area contributed by atoms with Crippen molar-refractivity contribution in [3.63, 3.8) is 0 Å². The molecule has 3 aliphatic carbocycles. The third-order valence-corrected chi connectivity index (χ3v) is 16.8. The number of hydrogen-bond acceptors (Lipinski definition) is 2. The molecule has 3 unspecified atom stereocenters. The van der Waals surface area contributed by atoms with Gasteiger partial charge in [0.2, 0.25) is 0 Å². The second kappa shape index (κ2) is 18.4. The molecular weight excluding hydrogens is 929 g/mol. The van der Waals surface area contributed by atoms with E-state index in [-0.39, 0.29) is 11.8 Å². The highest BCUT2D eigenvalue weighted by atomic mass is 15.2. The van der Waals surface area contributed by atoms with Gasteiger partial charge < -0.3 is 9.80 Å². The molecule has 0 saturated heterocycles. The van der Waals surface area contributed by atoms with Crippen molar-refractivity contribution in [2.45, 2.75) is 19.3 Å². The molecule has 0 fully saturated rings. The molecule has 0 aliphatic heterocycles. The smallest absolute Gasteiger partial charge is 0.0540 e. The van der Waals surface area contributed by atoms with Gasteiger partial charge in [0, 0.05) is 45.2 Å². The summed E-state index contributed by atoms with van der Waals surface area (Å²) in [5.74, 6) is 0.838. The molecule has 0 saturated carbocycles. The third kappa shape index (κ3) is 7.39. The molecule has 2 nitrogen and oxygen atoms in total. The van der Waals surface area contributed by atoms with Crippen LogP contribution in [0.4, 0.5) is 28.4 Å². The van der Waals surface area contributed by atoms with E-state index in [1.54, 1.807) is 0 Å². The maximum atomic E-state index is 2.56. The van der Waals surface area contributed by atoms with Crippen LogP contribution in [-0.2, 0) is 0 Å². The molecule has 2 heteroatoms.